The molecule has 2 heterocycles. The summed E-state index contributed by atoms with van der Waals surface area (Å²) in [4.78, 5) is 16.6. The number of hydrogen-bond acceptors (Lipinski definition) is 3. The molecule has 0 bridgehead atoms. The van der Waals surface area contributed by atoms with Crippen LogP contribution in [0.2, 0.25) is 0 Å². The smallest absolute Gasteiger partial charge is 0.317 e. The van der Waals surface area contributed by atoms with Crippen molar-refractivity contribution in [3.63, 3.8) is 0 Å². The van der Waals surface area contributed by atoms with Crippen LogP contribution in [-0.4, -0.2) is 67.1 Å². The van der Waals surface area contributed by atoms with E-state index < -0.39 is 0 Å². The van der Waals surface area contributed by atoms with Gasteiger partial charge in [0, 0.05) is 26.2 Å². The SMILES string of the molecule is CC1CN(C)CCC1N(C)C(=O)NCC1CCSCC1. The van der Waals surface area contributed by atoms with Crippen molar-refractivity contribution in [2.24, 2.45) is 11.8 Å². The van der Waals surface area contributed by atoms with E-state index in [0.29, 0.717) is 17.9 Å². The fraction of sp³-hybridized carbons (Fsp3) is 0.933. The second-order valence-electron chi connectivity index (χ2n) is 6.45. The normalized spacial score (nSPS) is 29.1. The number of nitrogens with zero attached hydrogens (tertiary/aromatic N) is 2. The summed E-state index contributed by atoms with van der Waals surface area (Å²) < 4.78 is 0. The first-order valence-corrected chi connectivity index (χ1v) is 9.00. The molecule has 2 amide bonds. The lowest BCUT2D eigenvalue weighted by Crippen LogP contribution is -2.52. The maximum atomic E-state index is 12.3. The number of nitrogens with one attached hydrogen (secondary N) is 1. The van der Waals surface area contributed by atoms with Crippen LogP contribution in [0.1, 0.15) is 26.2 Å². The van der Waals surface area contributed by atoms with Gasteiger partial charge >= 0.3 is 6.03 Å². The highest BCUT2D eigenvalue weighted by Crippen LogP contribution is 2.23. The number of carbonyl (C=O) groups is 1. The fourth-order valence-electron chi connectivity index (χ4n) is 3.37. The van der Waals surface area contributed by atoms with Gasteiger partial charge in [-0.2, -0.15) is 11.8 Å². The summed E-state index contributed by atoms with van der Waals surface area (Å²) in [5.41, 5.74) is 0. The van der Waals surface area contributed by atoms with E-state index in [1.165, 1.54) is 24.3 Å². The molecule has 2 saturated heterocycles. The predicted molar refractivity (Wildman–Crippen MR) is 86.3 cm³/mol. The van der Waals surface area contributed by atoms with E-state index >= 15 is 0 Å². The average molecular weight is 299 g/mol. The summed E-state index contributed by atoms with van der Waals surface area (Å²) in [6.07, 6.45) is 3.58. The molecule has 116 valence electrons. The minimum atomic E-state index is 0.115. The Labute approximate surface area is 127 Å². The van der Waals surface area contributed by atoms with E-state index in [2.05, 4.69) is 24.2 Å². The largest absolute Gasteiger partial charge is 0.338 e. The van der Waals surface area contributed by atoms with Gasteiger partial charge in [0.2, 0.25) is 0 Å². The summed E-state index contributed by atoms with van der Waals surface area (Å²) in [5.74, 6) is 3.74. The molecule has 5 heteroatoms. The zero-order chi connectivity index (χ0) is 14.5. The van der Waals surface area contributed by atoms with Crippen LogP contribution in [0.5, 0.6) is 0 Å². The fourth-order valence-corrected chi connectivity index (χ4v) is 4.58. The van der Waals surface area contributed by atoms with Crippen molar-refractivity contribution in [1.29, 1.82) is 0 Å². The van der Waals surface area contributed by atoms with Gasteiger partial charge in [-0.3, -0.25) is 0 Å². The first kappa shape index (κ1) is 16.0. The Morgan fingerprint density at radius 1 is 1.35 bits per heavy atom. The Morgan fingerprint density at radius 2 is 2.05 bits per heavy atom. The van der Waals surface area contributed by atoms with Crippen LogP contribution in [0.15, 0.2) is 0 Å². The van der Waals surface area contributed by atoms with E-state index in [-0.39, 0.29) is 6.03 Å². The second-order valence-corrected chi connectivity index (χ2v) is 7.67. The number of hydrogen-bond donors (Lipinski definition) is 1. The van der Waals surface area contributed by atoms with Crippen LogP contribution in [-0.2, 0) is 0 Å². The lowest BCUT2D eigenvalue weighted by molar-refractivity contribution is 0.107. The maximum absolute atomic E-state index is 12.3. The van der Waals surface area contributed by atoms with Gasteiger partial charge in [-0.05, 0) is 56.2 Å². The van der Waals surface area contributed by atoms with Gasteiger partial charge in [-0.15, -0.1) is 0 Å². The van der Waals surface area contributed by atoms with E-state index in [0.717, 1.165) is 26.1 Å². The van der Waals surface area contributed by atoms with Gasteiger partial charge in [0.1, 0.15) is 0 Å². The van der Waals surface area contributed by atoms with Crippen LogP contribution in [0.25, 0.3) is 0 Å². The molecule has 4 nitrogen and oxygen atoms in total. The molecule has 2 rings (SSSR count). The maximum Gasteiger partial charge on any atom is 0.317 e. The summed E-state index contributed by atoms with van der Waals surface area (Å²) in [7, 11) is 4.12. The van der Waals surface area contributed by atoms with Crippen LogP contribution < -0.4 is 5.32 Å². The molecule has 2 aliphatic rings. The van der Waals surface area contributed by atoms with Crippen molar-refractivity contribution < 1.29 is 4.79 Å². The quantitative estimate of drug-likeness (QED) is 0.867. The molecule has 20 heavy (non-hydrogen) atoms. The van der Waals surface area contributed by atoms with Crippen LogP contribution in [0.4, 0.5) is 4.79 Å². The average Bonchev–Trinajstić information content (AvgIpc) is 2.45. The highest BCUT2D eigenvalue weighted by Gasteiger charge is 2.30. The van der Waals surface area contributed by atoms with E-state index in [1.807, 2.05) is 23.7 Å². The lowest BCUT2D eigenvalue weighted by atomic mass is 9.93. The molecule has 0 saturated carbocycles. The van der Waals surface area contributed by atoms with Gasteiger partial charge in [-0.1, -0.05) is 6.92 Å². The number of urea groups is 1. The Bertz CT molecular complexity index is 320. The molecule has 0 aromatic rings. The number of thioether (sulfide) groups is 1. The molecule has 2 aliphatic heterocycles. The Balaban J connectivity index is 1.76. The predicted octanol–water partition coefficient (Wildman–Crippen LogP) is 2.11. The van der Waals surface area contributed by atoms with Crippen LogP contribution >= 0.6 is 11.8 Å². The highest BCUT2D eigenvalue weighted by molar-refractivity contribution is 7.99. The third-order valence-corrected chi connectivity index (χ3v) is 5.81. The molecular weight excluding hydrogens is 270 g/mol. The van der Waals surface area contributed by atoms with Crippen molar-refractivity contribution in [3.8, 4) is 0 Å². The summed E-state index contributed by atoms with van der Waals surface area (Å²) in [6.45, 7) is 5.28. The van der Waals surface area contributed by atoms with Gasteiger partial charge in [-0.25, -0.2) is 4.79 Å². The van der Waals surface area contributed by atoms with Crippen molar-refractivity contribution in [3.05, 3.63) is 0 Å². The number of rotatable bonds is 3. The standard InChI is InChI=1S/C15H29N3OS/c1-12-11-17(2)7-4-14(12)18(3)15(19)16-10-13-5-8-20-9-6-13/h12-14H,4-11H2,1-3H3,(H,16,19). The van der Waals surface area contributed by atoms with Crippen molar-refractivity contribution >= 4 is 17.8 Å². The molecule has 2 fully saturated rings. The number of piperidine rings is 1. The minimum Gasteiger partial charge on any atom is -0.338 e. The Hall–Kier alpha value is -0.420. The third kappa shape index (κ3) is 4.29. The van der Waals surface area contributed by atoms with Crippen LogP contribution in [0, 0.1) is 11.8 Å². The molecule has 0 spiro atoms. The minimum absolute atomic E-state index is 0.115. The van der Waals surface area contributed by atoms with Gasteiger partial charge in [0.05, 0.1) is 0 Å². The highest BCUT2D eigenvalue weighted by atomic mass is 32.2. The summed E-state index contributed by atoms with van der Waals surface area (Å²) >= 11 is 2.03. The second kappa shape index (κ2) is 7.55. The Kier molecular flexibility index (Phi) is 6.02. The summed E-state index contributed by atoms with van der Waals surface area (Å²) in [6, 6.07) is 0.498. The van der Waals surface area contributed by atoms with E-state index in [4.69, 9.17) is 0 Å². The molecule has 0 radical (unpaired) electrons. The van der Waals surface area contributed by atoms with E-state index in [1.54, 1.807) is 0 Å². The lowest BCUT2D eigenvalue weighted by Gasteiger charge is -2.40. The zero-order valence-corrected chi connectivity index (χ0v) is 13.9. The first-order valence-electron chi connectivity index (χ1n) is 7.85. The van der Waals surface area contributed by atoms with Crippen molar-refractivity contribution in [2.75, 3.05) is 45.2 Å². The monoisotopic (exact) mass is 299 g/mol. The summed E-state index contributed by atoms with van der Waals surface area (Å²) in [5, 5.41) is 3.15. The van der Waals surface area contributed by atoms with E-state index in [9.17, 15) is 4.79 Å². The number of likely N-dealkylation sites (tertiary alicyclic amines) is 1. The molecular formula is C15H29N3OS. The molecule has 0 aromatic heterocycles. The van der Waals surface area contributed by atoms with Crippen molar-refractivity contribution in [1.82, 2.24) is 15.1 Å². The first-order chi connectivity index (χ1) is 9.58. The Morgan fingerprint density at radius 3 is 2.70 bits per heavy atom. The molecule has 2 unspecified atom stereocenters. The molecule has 2 atom stereocenters. The third-order valence-electron chi connectivity index (χ3n) is 4.76. The molecule has 0 aliphatic carbocycles. The zero-order valence-electron chi connectivity index (χ0n) is 13.1. The van der Waals surface area contributed by atoms with Crippen LogP contribution in [0.3, 0.4) is 0 Å². The van der Waals surface area contributed by atoms with Gasteiger partial charge in [0.15, 0.2) is 0 Å². The molecule has 0 aromatic carbocycles. The number of carbonyl (C=O) groups excluding carboxylic acids is 1. The van der Waals surface area contributed by atoms with Crippen molar-refractivity contribution in [2.45, 2.75) is 32.2 Å². The number of amides is 2. The molecule has 1 N–H and O–H groups in total. The van der Waals surface area contributed by atoms with Gasteiger partial charge < -0.3 is 15.1 Å². The topological polar surface area (TPSA) is 35.6 Å². The van der Waals surface area contributed by atoms with Gasteiger partial charge in [0.25, 0.3) is 0 Å².